The first-order chi connectivity index (χ1) is 8.58. The fourth-order valence-corrected chi connectivity index (χ4v) is 2.36. The van der Waals surface area contributed by atoms with E-state index in [2.05, 4.69) is 9.97 Å². The zero-order valence-electron chi connectivity index (χ0n) is 10.8. The van der Waals surface area contributed by atoms with E-state index in [0.717, 1.165) is 19.4 Å². The second-order valence-electron chi connectivity index (χ2n) is 4.68. The maximum absolute atomic E-state index is 11.0. The maximum atomic E-state index is 11.0. The van der Waals surface area contributed by atoms with Crippen molar-refractivity contribution in [3.05, 3.63) is 22.8 Å². The number of nitrogens with zero attached hydrogens (tertiary/aromatic N) is 2. The van der Waals surface area contributed by atoms with Crippen LogP contribution in [0.1, 0.15) is 46.8 Å². The fourth-order valence-electron chi connectivity index (χ4n) is 2.36. The molecular weight excluding hydrogens is 232 g/mol. The number of hydrogen-bond donors (Lipinski definition) is 1. The van der Waals surface area contributed by atoms with Gasteiger partial charge in [-0.25, -0.2) is 14.8 Å². The molecule has 0 aromatic carbocycles. The lowest BCUT2D eigenvalue weighted by Crippen LogP contribution is -2.23. The van der Waals surface area contributed by atoms with Crippen LogP contribution >= 0.6 is 0 Å². The van der Waals surface area contributed by atoms with Crippen LogP contribution in [0.3, 0.4) is 0 Å². The molecule has 2 rings (SSSR count). The first-order valence-electron chi connectivity index (χ1n) is 6.27. The number of aryl methyl sites for hydroxylation is 2. The molecule has 0 bridgehead atoms. The van der Waals surface area contributed by atoms with E-state index in [0.29, 0.717) is 23.6 Å². The summed E-state index contributed by atoms with van der Waals surface area (Å²) in [4.78, 5) is 19.6. The average molecular weight is 250 g/mol. The third kappa shape index (κ3) is 2.85. The van der Waals surface area contributed by atoms with E-state index in [-0.39, 0.29) is 11.7 Å². The summed E-state index contributed by atoms with van der Waals surface area (Å²) in [5.74, 6) is -0.285. The first kappa shape index (κ1) is 13.0. The molecule has 5 nitrogen and oxygen atoms in total. The number of hydrogen-bond acceptors (Lipinski definition) is 4. The number of carboxylic acids is 1. The summed E-state index contributed by atoms with van der Waals surface area (Å²) in [5, 5.41) is 9.05. The Balaban J connectivity index is 2.17. The Morgan fingerprint density at radius 1 is 1.33 bits per heavy atom. The number of carbonyl (C=O) groups is 1. The van der Waals surface area contributed by atoms with E-state index in [9.17, 15) is 4.79 Å². The third-order valence-corrected chi connectivity index (χ3v) is 3.22. The van der Waals surface area contributed by atoms with Gasteiger partial charge in [0, 0.05) is 13.0 Å². The summed E-state index contributed by atoms with van der Waals surface area (Å²) in [5.41, 5.74) is 1.27. The summed E-state index contributed by atoms with van der Waals surface area (Å²) in [6.07, 6.45) is 4.17. The van der Waals surface area contributed by atoms with Gasteiger partial charge >= 0.3 is 5.97 Å². The maximum Gasteiger partial charge on any atom is 0.339 e. The normalized spacial score (nSPS) is 19.8. The highest BCUT2D eigenvalue weighted by Gasteiger charge is 2.19. The SMILES string of the molecule is Cc1nc(CC2CCCCO2)nc(C)c1C(=O)O. The highest BCUT2D eigenvalue weighted by molar-refractivity contribution is 5.89. The summed E-state index contributed by atoms with van der Waals surface area (Å²) in [6, 6.07) is 0. The van der Waals surface area contributed by atoms with Crippen molar-refractivity contribution in [1.29, 1.82) is 0 Å². The molecule has 1 aromatic heterocycles. The van der Waals surface area contributed by atoms with Gasteiger partial charge in [-0.1, -0.05) is 0 Å². The summed E-state index contributed by atoms with van der Waals surface area (Å²) in [6.45, 7) is 4.22. The zero-order chi connectivity index (χ0) is 13.1. The van der Waals surface area contributed by atoms with Gasteiger partial charge < -0.3 is 9.84 Å². The Bertz CT molecular complexity index is 431. The molecule has 5 heteroatoms. The van der Waals surface area contributed by atoms with Crippen molar-refractivity contribution in [3.63, 3.8) is 0 Å². The Morgan fingerprint density at radius 3 is 2.50 bits per heavy atom. The Hall–Kier alpha value is -1.49. The molecule has 0 saturated carbocycles. The molecule has 1 atom stereocenters. The molecule has 0 aliphatic carbocycles. The summed E-state index contributed by atoms with van der Waals surface area (Å²) >= 11 is 0. The van der Waals surface area contributed by atoms with Gasteiger partial charge in [0.2, 0.25) is 0 Å². The second kappa shape index (κ2) is 5.44. The van der Waals surface area contributed by atoms with Crippen molar-refractivity contribution < 1.29 is 14.6 Å². The number of aromatic carboxylic acids is 1. The van der Waals surface area contributed by atoms with Crippen LogP contribution in [0.2, 0.25) is 0 Å². The molecule has 1 fully saturated rings. The predicted octanol–water partition coefficient (Wildman–Crippen LogP) is 1.90. The summed E-state index contributed by atoms with van der Waals surface area (Å²) in [7, 11) is 0. The van der Waals surface area contributed by atoms with Gasteiger partial charge in [0.05, 0.1) is 17.5 Å². The molecule has 98 valence electrons. The molecule has 0 spiro atoms. The predicted molar refractivity (Wildman–Crippen MR) is 65.8 cm³/mol. The smallest absolute Gasteiger partial charge is 0.339 e. The van der Waals surface area contributed by atoms with Crippen LogP contribution < -0.4 is 0 Å². The van der Waals surface area contributed by atoms with Gasteiger partial charge in [0.1, 0.15) is 11.4 Å². The van der Waals surface area contributed by atoms with Crippen molar-refractivity contribution >= 4 is 5.97 Å². The van der Waals surface area contributed by atoms with Crippen molar-refractivity contribution in [2.24, 2.45) is 0 Å². The van der Waals surface area contributed by atoms with Crippen LogP contribution in [-0.2, 0) is 11.2 Å². The number of aromatic nitrogens is 2. The Kier molecular flexibility index (Phi) is 3.91. The first-order valence-corrected chi connectivity index (χ1v) is 6.27. The van der Waals surface area contributed by atoms with Gasteiger partial charge in [0.25, 0.3) is 0 Å². The molecule has 1 aliphatic rings. The van der Waals surface area contributed by atoms with Gasteiger partial charge in [-0.05, 0) is 33.1 Å². The van der Waals surface area contributed by atoms with Crippen molar-refractivity contribution in [2.45, 2.75) is 45.6 Å². The number of ether oxygens (including phenoxy) is 1. The molecule has 1 unspecified atom stereocenters. The van der Waals surface area contributed by atoms with Crippen molar-refractivity contribution in [3.8, 4) is 0 Å². The van der Waals surface area contributed by atoms with E-state index < -0.39 is 5.97 Å². The molecule has 1 saturated heterocycles. The van der Waals surface area contributed by atoms with Crippen LogP contribution in [0.4, 0.5) is 0 Å². The molecule has 1 N–H and O–H groups in total. The monoisotopic (exact) mass is 250 g/mol. The molecule has 0 amide bonds. The molecule has 1 aromatic rings. The fraction of sp³-hybridized carbons (Fsp3) is 0.615. The highest BCUT2D eigenvalue weighted by Crippen LogP contribution is 2.17. The minimum atomic E-state index is -0.967. The van der Waals surface area contributed by atoms with Gasteiger partial charge in [0.15, 0.2) is 0 Å². The highest BCUT2D eigenvalue weighted by atomic mass is 16.5. The van der Waals surface area contributed by atoms with Crippen LogP contribution in [0.5, 0.6) is 0 Å². The molecule has 2 heterocycles. The third-order valence-electron chi connectivity index (χ3n) is 3.22. The standard InChI is InChI=1S/C13H18N2O3/c1-8-12(13(16)17)9(2)15-11(14-8)7-10-5-3-4-6-18-10/h10H,3-7H2,1-2H3,(H,16,17). The van der Waals surface area contributed by atoms with Crippen molar-refractivity contribution in [2.75, 3.05) is 6.61 Å². The number of rotatable bonds is 3. The Labute approximate surface area is 106 Å². The minimum Gasteiger partial charge on any atom is -0.478 e. The van der Waals surface area contributed by atoms with E-state index in [4.69, 9.17) is 9.84 Å². The number of carboxylic acid groups (broad SMARTS) is 1. The van der Waals surface area contributed by atoms with E-state index >= 15 is 0 Å². The van der Waals surface area contributed by atoms with Crippen LogP contribution in [0.15, 0.2) is 0 Å². The second-order valence-corrected chi connectivity index (χ2v) is 4.68. The lowest BCUT2D eigenvalue weighted by molar-refractivity contribution is 0.0156. The van der Waals surface area contributed by atoms with E-state index in [1.165, 1.54) is 6.42 Å². The molecule has 1 aliphatic heterocycles. The summed E-state index contributed by atoms with van der Waals surface area (Å²) < 4.78 is 5.64. The van der Waals surface area contributed by atoms with Gasteiger partial charge in [-0.3, -0.25) is 0 Å². The zero-order valence-corrected chi connectivity index (χ0v) is 10.8. The largest absolute Gasteiger partial charge is 0.478 e. The lowest BCUT2D eigenvalue weighted by Gasteiger charge is -2.22. The topological polar surface area (TPSA) is 72.3 Å². The van der Waals surface area contributed by atoms with Crippen molar-refractivity contribution in [1.82, 2.24) is 9.97 Å². The lowest BCUT2D eigenvalue weighted by atomic mass is 10.1. The minimum absolute atomic E-state index is 0.174. The van der Waals surface area contributed by atoms with Crippen LogP contribution in [0.25, 0.3) is 0 Å². The van der Waals surface area contributed by atoms with E-state index in [1.54, 1.807) is 13.8 Å². The quantitative estimate of drug-likeness (QED) is 0.887. The molecule has 0 radical (unpaired) electrons. The van der Waals surface area contributed by atoms with Gasteiger partial charge in [-0.15, -0.1) is 0 Å². The average Bonchev–Trinajstić information content (AvgIpc) is 2.28. The van der Waals surface area contributed by atoms with E-state index in [1.807, 2.05) is 0 Å². The molecular formula is C13H18N2O3. The Morgan fingerprint density at radius 2 is 2.00 bits per heavy atom. The van der Waals surface area contributed by atoms with Crippen LogP contribution in [-0.4, -0.2) is 33.8 Å². The van der Waals surface area contributed by atoms with Gasteiger partial charge in [-0.2, -0.15) is 0 Å². The van der Waals surface area contributed by atoms with Crippen LogP contribution in [0, 0.1) is 13.8 Å². The molecule has 18 heavy (non-hydrogen) atoms.